The van der Waals surface area contributed by atoms with Gasteiger partial charge in [-0.2, -0.15) is 5.10 Å². The fourth-order valence-corrected chi connectivity index (χ4v) is 2.79. The highest BCUT2D eigenvalue weighted by Gasteiger charge is 2.28. The molecule has 4 rings (SSSR count). The minimum absolute atomic E-state index is 0.0185. The molecule has 2 atom stereocenters. The number of imidazole rings is 1. The lowest BCUT2D eigenvalue weighted by Gasteiger charge is -2.21. The van der Waals surface area contributed by atoms with Crippen molar-refractivity contribution in [3.05, 3.63) is 59.8 Å². The summed E-state index contributed by atoms with van der Waals surface area (Å²) in [6.07, 6.45) is 3.25. The van der Waals surface area contributed by atoms with Gasteiger partial charge in [0.2, 0.25) is 5.88 Å². The zero-order valence-electron chi connectivity index (χ0n) is 14.4. The van der Waals surface area contributed by atoms with Gasteiger partial charge in [0, 0.05) is 12.7 Å². The third-order valence-corrected chi connectivity index (χ3v) is 4.23. The van der Waals surface area contributed by atoms with Crippen LogP contribution in [0.15, 0.2) is 36.9 Å². The van der Waals surface area contributed by atoms with Crippen LogP contribution in [0.2, 0.25) is 0 Å². The Morgan fingerprint density at radius 1 is 1.39 bits per heavy atom. The van der Waals surface area contributed by atoms with Gasteiger partial charge in [-0.05, 0) is 17.7 Å². The minimum atomic E-state index is -1.09. The summed E-state index contributed by atoms with van der Waals surface area (Å²) in [5, 5.41) is 22.1. The Morgan fingerprint density at radius 2 is 2.25 bits per heavy atom. The molecule has 146 valence electrons. The van der Waals surface area contributed by atoms with Crippen molar-refractivity contribution in [1.29, 1.82) is 0 Å². The summed E-state index contributed by atoms with van der Waals surface area (Å²) in [7, 11) is 0. The molecule has 1 amide bonds. The Kier molecular flexibility index (Phi) is 4.65. The monoisotopic (exact) mass is 390 g/mol. The van der Waals surface area contributed by atoms with Crippen molar-refractivity contribution in [1.82, 2.24) is 25.1 Å². The number of carbonyl (C=O) groups is 1. The third kappa shape index (κ3) is 3.64. The van der Waals surface area contributed by atoms with E-state index in [2.05, 4.69) is 25.8 Å². The number of ether oxygens (including phenoxy) is 1. The summed E-state index contributed by atoms with van der Waals surface area (Å²) < 4.78 is 33.3. The van der Waals surface area contributed by atoms with E-state index in [1.807, 2.05) is 0 Å². The summed E-state index contributed by atoms with van der Waals surface area (Å²) >= 11 is 0. The van der Waals surface area contributed by atoms with Gasteiger partial charge in [0.25, 0.3) is 5.91 Å². The van der Waals surface area contributed by atoms with Gasteiger partial charge in [-0.3, -0.25) is 4.79 Å². The molecule has 3 heterocycles. The number of amides is 1. The van der Waals surface area contributed by atoms with E-state index in [1.54, 1.807) is 4.57 Å². The quantitative estimate of drug-likeness (QED) is 0.525. The predicted molar refractivity (Wildman–Crippen MR) is 92.7 cm³/mol. The smallest absolute Gasteiger partial charge is 0.271 e. The van der Waals surface area contributed by atoms with Crippen LogP contribution >= 0.6 is 0 Å². The van der Waals surface area contributed by atoms with Gasteiger partial charge in [0.15, 0.2) is 11.6 Å². The number of nitrogens with zero attached hydrogens (tertiary/aromatic N) is 3. The van der Waals surface area contributed by atoms with Gasteiger partial charge in [0.05, 0.1) is 12.5 Å². The Hall–Kier alpha value is -3.47. The van der Waals surface area contributed by atoms with Crippen LogP contribution < -0.4 is 15.4 Å². The van der Waals surface area contributed by atoms with Crippen LogP contribution in [-0.4, -0.2) is 49.6 Å². The molecule has 0 bridgehead atoms. The van der Waals surface area contributed by atoms with Gasteiger partial charge in [-0.1, -0.05) is 6.07 Å². The fourth-order valence-electron chi connectivity index (χ4n) is 2.79. The van der Waals surface area contributed by atoms with E-state index < -0.39 is 29.8 Å². The molecule has 3 aromatic rings. The lowest BCUT2D eigenvalue weighted by Crippen LogP contribution is -2.49. The number of H-pyrrole nitrogens is 1. The maximum Gasteiger partial charge on any atom is 0.271 e. The van der Waals surface area contributed by atoms with E-state index in [1.165, 1.54) is 24.8 Å². The molecule has 0 radical (unpaired) electrons. The summed E-state index contributed by atoms with van der Waals surface area (Å²) in [6.45, 7) is 0.237. The number of aliphatic hydroxyl groups excluding tert-OH is 1. The highest BCUT2D eigenvalue weighted by atomic mass is 19.2. The van der Waals surface area contributed by atoms with Crippen molar-refractivity contribution in [2.45, 2.75) is 18.8 Å². The van der Waals surface area contributed by atoms with Crippen LogP contribution in [-0.2, 0) is 6.54 Å². The van der Waals surface area contributed by atoms with Crippen molar-refractivity contribution in [3.63, 3.8) is 0 Å². The molecule has 0 fully saturated rings. The molecule has 11 heteroatoms. The van der Waals surface area contributed by atoms with Gasteiger partial charge in [-0.15, -0.1) is 0 Å². The predicted octanol–water partition coefficient (Wildman–Crippen LogP) is 0.854. The number of aromatic amines is 1. The lowest BCUT2D eigenvalue weighted by molar-refractivity contribution is 0.0812. The number of hydrogen-bond donors (Lipinski definition) is 4. The third-order valence-electron chi connectivity index (χ3n) is 4.23. The molecule has 9 nitrogen and oxygen atoms in total. The van der Waals surface area contributed by atoms with Gasteiger partial charge in [0.1, 0.15) is 30.3 Å². The second-order valence-corrected chi connectivity index (χ2v) is 6.27. The maximum absolute atomic E-state index is 13.3. The first kappa shape index (κ1) is 17.9. The first-order chi connectivity index (χ1) is 13.5. The molecule has 0 aliphatic carbocycles. The molecule has 1 unspecified atom stereocenters. The lowest BCUT2D eigenvalue weighted by atomic mass is 10.2. The first-order valence-electron chi connectivity index (χ1n) is 8.37. The summed E-state index contributed by atoms with van der Waals surface area (Å²) in [4.78, 5) is 16.5. The Morgan fingerprint density at radius 3 is 3.07 bits per heavy atom. The molecule has 28 heavy (non-hydrogen) atoms. The highest BCUT2D eigenvalue weighted by Crippen LogP contribution is 2.24. The van der Waals surface area contributed by atoms with E-state index in [9.17, 15) is 18.7 Å². The van der Waals surface area contributed by atoms with Gasteiger partial charge in [-0.25, -0.2) is 18.9 Å². The van der Waals surface area contributed by atoms with Gasteiger partial charge >= 0.3 is 0 Å². The van der Waals surface area contributed by atoms with Crippen molar-refractivity contribution in [3.8, 4) is 5.88 Å². The molecule has 0 saturated carbocycles. The Bertz CT molecular complexity index is 1000. The van der Waals surface area contributed by atoms with Crippen molar-refractivity contribution < 1.29 is 23.4 Å². The number of anilines is 1. The standard InChI is InChI=1S/C17H16F2N6O3/c18-10-2-1-9(3-11(10)19)5-25-6-13(20-8-25)15(26)23-14-7-28-17-12(4-21-24-17)22-16(14)27/h1-4,6,8,14,16,22,27H,5,7H2,(H,21,24)(H,23,26)/t14-,16?/m0/s1. The van der Waals surface area contributed by atoms with Crippen LogP contribution in [0.3, 0.4) is 0 Å². The van der Waals surface area contributed by atoms with E-state index in [4.69, 9.17) is 4.74 Å². The molecule has 4 N–H and O–H groups in total. The summed E-state index contributed by atoms with van der Waals surface area (Å²) in [6, 6.07) is 2.85. The van der Waals surface area contributed by atoms with Crippen molar-refractivity contribution >= 4 is 11.6 Å². The first-order valence-corrected chi connectivity index (χ1v) is 8.37. The van der Waals surface area contributed by atoms with E-state index in [0.717, 1.165) is 12.1 Å². The van der Waals surface area contributed by atoms with E-state index >= 15 is 0 Å². The molecule has 2 aromatic heterocycles. The number of aromatic nitrogens is 4. The highest BCUT2D eigenvalue weighted by molar-refractivity contribution is 5.92. The second-order valence-electron chi connectivity index (χ2n) is 6.27. The Balaban J connectivity index is 1.40. The van der Waals surface area contributed by atoms with E-state index in [-0.39, 0.29) is 18.8 Å². The number of hydrogen-bond acceptors (Lipinski definition) is 6. The van der Waals surface area contributed by atoms with Crippen LogP contribution in [0, 0.1) is 11.6 Å². The average Bonchev–Trinajstić information content (AvgIpc) is 3.28. The van der Waals surface area contributed by atoms with E-state index in [0.29, 0.717) is 17.1 Å². The molecule has 1 aliphatic rings. The molecule has 0 saturated heterocycles. The molecule has 1 aliphatic heterocycles. The number of rotatable bonds is 4. The summed E-state index contributed by atoms with van der Waals surface area (Å²) in [5.74, 6) is -2.01. The molecular formula is C17H16F2N6O3. The number of fused-ring (bicyclic) bond motifs is 1. The number of benzene rings is 1. The number of halogens is 2. The van der Waals surface area contributed by atoms with Gasteiger partial charge < -0.3 is 25.0 Å². The molecular weight excluding hydrogens is 374 g/mol. The van der Waals surface area contributed by atoms with Crippen molar-refractivity contribution in [2.75, 3.05) is 11.9 Å². The minimum Gasteiger partial charge on any atom is -0.474 e. The fraction of sp³-hybridized carbons (Fsp3) is 0.235. The van der Waals surface area contributed by atoms with Crippen LogP contribution in [0.1, 0.15) is 16.1 Å². The number of aliphatic hydroxyl groups is 1. The zero-order chi connectivity index (χ0) is 19.7. The second kappa shape index (κ2) is 7.27. The van der Waals surface area contributed by atoms with Crippen LogP contribution in [0.25, 0.3) is 0 Å². The summed E-state index contributed by atoms with van der Waals surface area (Å²) in [5.41, 5.74) is 1.12. The largest absolute Gasteiger partial charge is 0.474 e. The Labute approximate surface area is 157 Å². The number of carbonyl (C=O) groups excluding carboxylic acids is 1. The maximum atomic E-state index is 13.3. The van der Waals surface area contributed by atoms with Crippen LogP contribution in [0.4, 0.5) is 14.5 Å². The molecule has 0 spiro atoms. The van der Waals surface area contributed by atoms with Crippen molar-refractivity contribution in [2.24, 2.45) is 0 Å². The normalized spacial score (nSPS) is 18.5. The topological polar surface area (TPSA) is 117 Å². The average molecular weight is 390 g/mol. The SMILES string of the molecule is O=C(N[C@H]1COc2[nH]ncc2NC1O)c1cn(Cc2ccc(F)c(F)c2)cn1. The van der Waals surface area contributed by atoms with Crippen LogP contribution in [0.5, 0.6) is 5.88 Å². The zero-order valence-corrected chi connectivity index (χ0v) is 14.4. The molecule has 1 aromatic carbocycles. The number of nitrogens with one attached hydrogen (secondary N) is 3.